The van der Waals surface area contributed by atoms with Gasteiger partial charge in [0.15, 0.2) is 11.5 Å². The van der Waals surface area contributed by atoms with Crippen LogP contribution < -0.4 is 9.47 Å². The molecule has 0 bridgehead atoms. The second-order valence-electron chi connectivity index (χ2n) is 6.51. The maximum absolute atomic E-state index is 12.9. The Bertz CT molecular complexity index is 643. The number of benzene rings is 1. The van der Waals surface area contributed by atoms with Crippen LogP contribution in [0.4, 0.5) is 0 Å². The van der Waals surface area contributed by atoms with Crippen molar-refractivity contribution in [3.05, 3.63) is 23.3 Å². The van der Waals surface area contributed by atoms with Crippen LogP contribution in [-0.4, -0.2) is 50.7 Å². The molecule has 6 heteroatoms. The number of unbranched alkanes of at least 4 members (excludes halogenated alkanes) is 3. The van der Waals surface area contributed by atoms with Gasteiger partial charge < -0.3 is 19.1 Å². The van der Waals surface area contributed by atoms with E-state index in [1.165, 1.54) is 20.0 Å². The molecule has 0 spiro atoms. The topological polar surface area (TPSA) is 65.1 Å². The summed E-state index contributed by atoms with van der Waals surface area (Å²) in [6.45, 7) is 2.73. The lowest BCUT2D eigenvalue weighted by Crippen LogP contribution is -2.55. The minimum Gasteiger partial charge on any atom is -0.493 e. The first-order valence-electron chi connectivity index (χ1n) is 9.21. The number of likely N-dealkylation sites (tertiary alicyclic amines) is 1. The van der Waals surface area contributed by atoms with E-state index in [9.17, 15) is 9.59 Å². The number of methoxy groups -OCH3 is 3. The Kier molecular flexibility index (Phi) is 7.30. The van der Waals surface area contributed by atoms with E-state index in [1.807, 2.05) is 6.07 Å². The summed E-state index contributed by atoms with van der Waals surface area (Å²) < 4.78 is 15.7. The fourth-order valence-corrected chi connectivity index (χ4v) is 3.27. The fourth-order valence-electron chi connectivity index (χ4n) is 3.27. The van der Waals surface area contributed by atoms with Crippen LogP contribution in [-0.2, 0) is 16.0 Å². The number of carbonyl (C=O) groups is 2. The molecule has 2 rings (SSSR count). The lowest BCUT2D eigenvalue weighted by molar-refractivity contribution is -0.149. The van der Waals surface area contributed by atoms with Crippen molar-refractivity contribution in [2.24, 2.45) is 0 Å². The third-order valence-electron chi connectivity index (χ3n) is 4.86. The van der Waals surface area contributed by atoms with Gasteiger partial charge in [0.25, 0.3) is 5.91 Å². The molecule has 1 fully saturated rings. The number of aryl methyl sites for hydroxylation is 1. The third kappa shape index (κ3) is 4.29. The summed E-state index contributed by atoms with van der Waals surface area (Å²) >= 11 is 0. The molecule has 1 amide bonds. The van der Waals surface area contributed by atoms with Gasteiger partial charge in [0, 0.05) is 12.1 Å². The minimum absolute atomic E-state index is 0.178. The molecule has 144 valence electrons. The van der Waals surface area contributed by atoms with Crippen molar-refractivity contribution in [3.63, 3.8) is 0 Å². The van der Waals surface area contributed by atoms with Crippen molar-refractivity contribution >= 4 is 11.9 Å². The van der Waals surface area contributed by atoms with Crippen LogP contribution in [0, 0.1) is 0 Å². The first-order chi connectivity index (χ1) is 12.6. The van der Waals surface area contributed by atoms with Crippen LogP contribution in [0.5, 0.6) is 11.5 Å². The summed E-state index contributed by atoms with van der Waals surface area (Å²) in [5.41, 5.74) is 1.48. The number of amides is 1. The van der Waals surface area contributed by atoms with Crippen LogP contribution in [0.3, 0.4) is 0 Å². The molecule has 0 unspecified atom stereocenters. The van der Waals surface area contributed by atoms with E-state index in [1.54, 1.807) is 25.2 Å². The zero-order chi connectivity index (χ0) is 19.1. The van der Waals surface area contributed by atoms with Crippen LogP contribution in [0.1, 0.15) is 54.9 Å². The Morgan fingerprint density at radius 2 is 1.88 bits per heavy atom. The van der Waals surface area contributed by atoms with Crippen LogP contribution in [0.25, 0.3) is 0 Å². The molecule has 0 aliphatic carbocycles. The molecular weight excluding hydrogens is 334 g/mol. The first-order valence-corrected chi connectivity index (χ1v) is 9.21. The average molecular weight is 363 g/mol. The van der Waals surface area contributed by atoms with Gasteiger partial charge in [0.2, 0.25) is 0 Å². The Balaban J connectivity index is 2.24. The number of hydrogen-bond acceptors (Lipinski definition) is 5. The molecule has 1 aromatic rings. The van der Waals surface area contributed by atoms with Crippen molar-refractivity contribution < 1.29 is 23.8 Å². The van der Waals surface area contributed by atoms with E-state index in [4.69, 9.17) is 14.2 Å². The highest BCUT2D eigenvalue weighted by atomic mass is 16.5. The number of ether oxygens (including phenoxy) is 3. The largest absolute Gasteiger partial charge is 0.493 e. The van der Waals surface area contributed by atoms with Gasteiger partial charge in [-0.2, -0.15) is 0 Å². The Labute approximate surface area is 155 Å². The number of carbonyl (C=O) groups excluding carboxylic acids is 2. The van der Waals surface area contributed by atoms with Gasteiger partial charge in [-0.3, -0.25) is 4.79 Å². The number of esters is 1. The van der Waals surface area contributed by atoms with Crippen molar-refractivity contribution in [1.82, 2.24) is 4.90 Å². The smallest absolute Gasteiger partial charge is 0.328 e. The fraction of sp³-hybridized carbons (Fsp3) is 0.600. The van der Waals surface area contributed by atoms with Crippen LogP contribution in [0.2, 0.25) is 0 Å². The average Bonchev–Trinajstić information content (AvgIpc) is 2.63. The second kappa shape index (κ2) is 9.46. The van der Waals surface area contributed by atoms with Crippen molar-refractivity contribution in [1.29, 1.82) is 0 Å². The van der Waals surface area contributed by atoms with E-state index >= 15 is 0 Å². The summed E-state index contributed by atoms with van der Waals surface area (Å²) in [4.78, 5) is 26.2. The van der Waals surface area contributed by atoms with E-state index in [2.05, 4.69) is 6.92 Å². The predicted octanol–water partition coefficient (Wildman–Crippen LogP) is 3.21. The van der Waals surface area contributed by atoms with Gasteiger partial charge in [-0.05, 0) is 37.0 Å². The molecule has 1 aliphatic heterocycles. The highest BCUT2D eigenvalue weighted by Crippen LogP contribution is 2.35. The molecule has 0 saturated carbocycles. The number of hydrogen-bond donors (Lipinski definition) is 0. The molecule has 1 atom stereocenters. The number of rotatable bonds is 9. The van der Waals surface area contributed by atoms with Crippen molar-refractivity contribution in [2.45, 2.75) is 51.5 Å². The van der Waals surface area contributed by atoms with Gasteiger partial charge >= 0.3 is 5.97 Å². The molecule has 6 nitrogen and oxygen atoms in total. The molecular formula is C20H29NO5. The normalized spacial score (nSPS) is 16.0. The summed E-state index contributed by atoms with van der Waals surface area (Å²) in [5.74, 6) is 0.667. The summed E-state index contributed by atoms with van der Waals surface area (Å²) in [7, 11) is 4.51. The highest BCUT2D eigenvalue weighted by Gasteiger charge is 2.39. The second-order valence-corrected chi connectivity index (χ2v) is 6.51. The minimum atomic E-state index is -0.492. The quantitative estimate of drug-likeness (QED) is 0.498. The molecule has 1 heterocycles. The van der Waals surface area contributed by atoms with Crippen molar-refractivity contribution in [2.75, 3.05) is 27.9 Å². The highest BCUT2D eigenvalue weighted by molar-refractivity contribution is 5.98. The maximum Gasteiger partial charge on any atom is 0.328 e. The molecule has 1 aromatic carbocycles. The monoisotopic (exact) mass is 363 g/mol. The van der Waals surface area contributed by atoms with Crippen LogP contribution in [0.15, 0.2) is 12.1 Å². The molecule has 0 N–H and O–H groups in total. The molecule has 0 aromatic heterocycles. The Hall–Kier alpha value is -2.24. The Morgan fingerprint density at radius 3 is 2.42 bits per heavy atom. The van der Waals surface area contributed by atoms with Gasteiger partial charge in [0.05, 0.1) is 21.3 Å². The molecule has 0 radical (unpaired) electrons. The SMILES string of the molecule is CCCCCCc1cc(C(=O)N2CC[C@@H]2C(=O)OC)cc(OC)c1OC. The lowest BCUT2D eigenvalue weighted by Gasteiger charge is -2.38. The van der Waals surface area contributed by atoms with Gasteiger partial charge in [-0.25, -0.2) is 4.79 Å². The van der Waals surface area contributed by atoms with Gasteiger partial charge in [0.1, 0.15) is 6.04 Å². The van der Waals surface area contributed by atoms with E-state index in [0.717, 1.165) is 24.8 Å². The molecule has 26 heavy (non-hydrogen) atoms. The van der Waals surface area contributed by atoms with Crippen LogP contribution >= 0.6 is 0 Å². The Morgan fingerprint density at radius 1 is 1.12 bits per heavy atom. The predicted molar refractivity (Wildman–Crippen MR) is 98.8 cm³/mol. The van der Waals surface area contributed by atoms with E-state index in [0.29, 0.717) is 30.0 Å². The van der Waals surface area contributed by atoms with Gasteiger partial charge in [-0.15, -0.1) is 0 Å². The zero-order valence-electron chi connectivity index (χ0n) is 16.2. The van der Waals surface area contributed by atoms with E-state index in [-0.39, 0.29) is 11.9 Å². The first kappa shape index (κ1) is 20.1. The van der Waals surface area contributed by atoms with E-state index < -0.39 is 6.04 Å². The third-order valence-corrected chi connectivity index (χ3v) is 4.86. The molecule has 1 saturated heterocycles. The summed E-state index contributed by atoms with van der Waals surface area (Å²) in [6, 6.07) is 3.06. The summed E-state index contributed by atoms with van der Waals surface area (Å²) in [6.07, 6.45) is 5.97. The number of nitrogens with zero attached hydrogens (tertiary/aromatic N) is 1. The zero-order valence-corrected chi connectivity index (χ0v) is 16.2. The summed E-state index contributed by atoms with van der Waals surface area (Å²) in [5, 5.41) is 0. The maximum atomic E-state index is 12.9. The van der Waals surface area contributed by atoms with Crippen molar-refractivity contribution in [3.8, 4) is 11.5 Å². The van der Waals surface area contributed by atoms with Gasteiger partial charge in [-0.1, -0.05) is 26.2 Å². The lowest BCUT2D eigenvalue weighted by atomic mass is 9.98. The molecule has 1 aliphatic rings. The standard InChI is InChI=1S/C20H29NO5/c1-5-6-7-8-9-14-12-15(13-17(24-2)18(14)25-3)19(22)21-11-10-16(21)20(23)26-4/h12-13,16H,5-11H2,1-4H3/t16-/m1/s1.